The number of benzene rings is 2. The number of hydrogen-bond donors (Lipinski definition) is 1. The smallest absolute Gasteiger partial charge is 0.257 e. The van der Waals surface area contributed by atoms with E-state index in [-0.39, 0.29) is 18.3 Å². The number of nitrogens with one attached hydrogen (secondary N) is 1. The summed E-state index contributed by atoms with van der Waals surface area (Å²) in [5.74, 6) is -0.0582. The molecule has 0 saturated heterocycles. The normalized spacial score (nSPS) is 10.3. The number of aryl methyl sites for hydroxylation is 1. The van der Waals surface area contributed by atoms with E-state index in [4.69, 9.17) is 16.3 Å². The lowest BCUT2D eigenvalue weighted by Crippen LogP contribution is -2.29. The second kappa shape index (κ2) is 8.39. The SMILES string of the molecule is O=C(COc1ccc(F)cc1)NCCCc1ccc(Cl)cc1. The van der Waals surface area contributed by atoms with E-state index < -0.39 is 0 Å². The average Bonchev–Trinajstić information content (AvgIpc) is 2.53. The Morgan fingerprint density at radius 3 is 2.45 bits per heavy atom. The Labute approximate surface area is 134 Å². The quantitative estimate of drug-likeness (QED) is 0.791. The zero-order chi connectivity index (χ0) is 15.8. The van der Waals surface area contributed by atoms with Gasteiger partial charge in [-0.25, -0.2) is 4.39 Å². The van der Waals surface area contributed by atoms with Gasteiger partial charge in [-0.3, -0.25) is 4.79 Å². The molecule has 0 aliphatic rings. The molecule has 0 radical (unpaired) electrons. The van der Waals surface area contributed by atoms with E-state index in [9.17, 15) is 9.18 Å². The molecule has 2 aromatic rings. The zero-order valence-corrected chi connectivity index (χ0v) is 12.8. The Bertz CT molecular complexity index is 599. The van der Waals surface area contributed by atoms with Gasteiger partial charge in [0.25, 0.3) is 5.91 Å². The predicted molar refractivity (Wildman–Crippen MR) is 84.7 cm³/mol. The number of amides is 1. The highest BCUT2D eigenvalue weighted by Crippen LogP contribution is 2.11. The number of rotatable bonds is 7. The van der Waals surface area contributed by atoms with E-state index in [1.165, 1.54) is 29.8 Å². The van der Waals surface area contributed by atoms with Crippen LogP contribution >= 0.6 is 11.6 Å². The Morgan fingerprint density at radius 1 is 1.09 bits per heavy atom. The third kappa shape index (κ3) is 5.74. The molecular formula is C17H17ClFNO2. The van der Waals surface area contributed by atoms with E-state index in [0.29, 0.717) is 12.3 Å². The van der Waals surface area contributed by atoms with Crippen molar-refractivity contribution in [2.75, 3.05) is 13.2 Å². The van der Waals surface area contributed by atoms with Gasteiger partial charge in [-0.2, -0.15) is 0 Å². The maximum absolute atomic E-state index is 12.7. The molecule has 1 N–H and O–H groups in total. The molecule has 0 spiro atoms. The van der Waals surface area contributed by atoms with Crippen molar-refractivity contribution < 1.29 is 13.9 Å². The topological polar surface area (TPSA) is 38.3 Å². The molecule has 0 saturated carbocycles. The van der Waals surface area contributed by atoms with Gasteiger partial charge in [0.1, 0.15) is 11.6 Å². The molecule has 22 heavy (non-hydrogen) atoms. The molecule has 3 nitrogen and oxygen atoms in total. The van der Waals surface area contributed by atoms with Crippen molar-refractivity contribution in [2.45, 2.75) is 12.8 Å². The van der Waals surface area contributed by atoms with Crippen LogP contribution in [-0.4, -0.2) is 19.1 Å². The van der Waals surface area contributed by atoms with Crippen molar-refractivity contribution in [2.24, 2.45) is 0 Å². The first-order valence-electron chi connectivity index (χ1n) is 7.03. The van der Waals surface area contributed by atoms with Crippen LogP contribution in [0.5, 0.6) is 5.75 Å². The van der Waals surface area contributed by atoms with E-state index >= 15 is 0 Å². The molecule has 2 aromatic carbocycles. The summed E-state index contributed by atoms with van der Waals surface area (Å²) in [6.07, 6.45) is 1.71. The molecule has 0 bridgehead atoms. The van der Waals surface area contributed by atoms with Crippen molar-refractivity contribution >= 4 is 17.5 Å². The minimum absolute atomic E-state index is 0.0768. The van der Waals surface area contributed by atoms with Crippen LogP contribution in [0.15, 0.2) is 48.5 Å². The van der Waals surface area contributed by atoms with Gasteiger partial charge in [0.05, 0.1) is 0 Å². The summed E-state index contributed by atoms with van der Waals surface area (Å²) in [5, 5.41) is 3.50. The van der Waals surface area contributed by atoms with Gasteiger partial charge in [0.15, 0.2) is 6.61 Å². The van der Waals surface area contributed by atoms with Gasteiger partial charge >= 0.3 is 0 Å². The minimum Gasteiger partial charge on any atom is -0.484 e. The molecule has 1 amide bonds. The van der Waals surface area contributed by atoms with Crippen LogP contribution in [0.2, 0.25) is 5.02 Å². The predicted octanol–water partition coefficient (Wildman–Crippen LogP) is 3.61. The lowest BCUT2D eigenvalue weighted by Gasteiger charge is -2.07. The summed E-state index contributed by atoms with van der Waals surface area (Å²) in [5.41, 5.74) is 1.18. The molecule has 5 heteroatoms. The summed E-state index contributed by atoms with van der Waals surface area (Å²) in [7, 11) is 0. The van der Waals surface area contributed by atoms with Crippen molar-refractivity contribution in [1.82, 2.24) is 5.32 Å². The third-order valence-corrected chi connectivity index (χ3v) is 3.31. The first-order chi connectivity index (χ1) is 10.6. The first-order valence-corrected chi connectivity index (χ1v) is 7.41. The van der Waals surface area contributed by atoms with Crippen molar-refractivity contribution in [1.29, 1.82) is 0 Å². The largest absolute Gasteiger partial charge is 0.484 e. The molecular weight excluding hydrogens is 305 g/mol. The Kier molecular flexibility index (Phi) is 6.22. The zero-order valence-electron chi connectivity index (χ0n) is 12.0. The molecule has 0 atom stereocenters. The average molecular weight is 322 g/mol. The maximum Gasteiger partial charge on any atom is 0.257 e. The molecule has 0 unspecified atom stereocenters. The van der Waals surface area contributed by atoms with Crippen LogP contribution in [0, 0.1) is 5.82 Å². The second-order valence-corrected chi connectivity index (χ2v) is 5.26. The molecule has 0 aliphatic carbocycles. The van der Waals surface area contributed by atoms with Crippen LogP contribution in [0.4, 0.5) is 4.39 Å². The van der Waals surface area contributed by atoms with Gasteiger partial charge in [-0.15, -0.1) is 0 Å². The van der Waals surface area contributed by atoms with Gasteiger partial charge in [0.2, 0.25) is 0 Å². The highest BCUT2D eigenvalue weighted by atomic mass is 35.5. The Hall–Kier alpha value is -2.07. The van der Waals surface area contributed by atoms with Crippen LogP contribution in [0.3, 0.4) is 0 Å². The van der Waals surface area contributed by atoms with Gasteiger partial charge < -0.3 is 10.1 Å². The number of ether oxygens (including phenoxy) is 1. The van der Waals surface area contributed by atoms with Crippen LogP contribution in [0.1, 0.15) is 12.0 Å². The summed E-state index contributed by atoms with van der Waals surface area (Å²) >= 11 is 5.82. The summed E-state index contributed by atoms with van der Waals surface area (Å²) < 4.78 is 18.0. The van der Waals surface area contributed by atoms with Crippen LogP contribution < -0.4 is 10.1 Å². The fourth-order valence-corrected chi connectivity index (χ4v) is 2.03. The highest BCUT2D eigenvalue weighted by Gasteiger charge is 2.02. The highest BCUT2D eigenvalue weighted by molar-refractivity contribution is 6.30. The monoisotopic (exact) mass is 321 g/mol. The lowest BCUT2D eigenvalue weighted by molar-refractivity contribution is -0.123. The molecule has 0 aromatic heterocycles. The van der Waals surface area contributed by atoms with Crippen molar-refractivity contribution in [3.05, 3.63) is 64.9 Å². The van der Waals surface area contributed by atoms with Crippen LogP contribution in [0.25, 0.3) is 0 Å². The second-order valence-electron chi connectivity index (χ2n) is 4.82. The molecule has 2 rings (SSSR count). The first kappa shape index (κ1) is 16.3. The van der Waals surface area contributed by atoms with Crippen LogP contribution in [-0.2, 0) is 11.2 Å². The lowest BCUT2D eigenvalue weighted by atomic mass is 10.1. The van der Waals surface area contributed by atoms with E-state index in [1.807, 2.05) is 24.3 Å². The number of carbonyl (C=O) groups is 1. The number of carbonyl (C=O) groups excluding carboxylic acids is 1. The van der Waals surface area contributed by atoms with Gasteiger partial charge in [-0.1, -0.05) is 23.7 Å². The number of halogens is 2. The molecule has 0 heterocycles. The maximum atomic E-state index is 12.7. The van der Waals surface area contributed by atoms with Crippen molar-refractivity contribution in [3.63, 3.8) is 0 Å². The van der Waals surface area contributed by atoms with E-state index in [1.54, 1.807) is 0 Å². The fraction of sp³-hybridized carbons (Fsp3) is 0.235. The van der Waals surface area contributed by atoms with E-state index in [2.05, 4.69) is 5.32 Å². The minimum atomic E-state index is -0.334. The summed E-state index contributed by atoms with van der Waals surface area (Å²) in [6.45, 7) is 0.501. The third-order valence-electron chi connectivity index (χ3n) is 3.06. The van der Waals surface area contributed by atoms with Gasteiger partial charge in [0, 0.05) is 11.6 Å². The Balaban J connectivity index is 1.61. The Morgan fingerprint density at radius 2 is 1.77 bits per heavy atom. The summed E-state index contributed by atoms with van der Waals surface area (Å²) in [6, 6.07) is 13.2. The van der Waals surface area contributed by atoms with Crippen molar-refractivity contribution in [3.8, 4) is 5.75 Å². The molecule has 0 fully saturated rings. The standard InChI is InChI=1S/C17H17ClFNO2/c18-14-5-3-13(4-6-14)2-1-11-20-17(21)12-22-16-9-7-15(19)8-10-16/h3-10H,1-2,11-12H2,(H,20,21). The fourth-order valence-electron chi connectivity index (χ4n) is 1.90. The molecule has 0 aliphatic heterocycles. The van der Waals surface area contributed by atoms with Gasteiger partial charge in [-0.05, 0) is 54.8 Å². The summed E-state index contributed by atoms with van der Waals surface area (Å²) in [4.78, 5) is 11.6. The van der Waals surface area contributed by atoms with E-state index in [0.717, 1.165) is 17.9 Å². The molecule has 116 valence electrons. The number of hydrogen-bond acceptors (Lipinski definition) is 2.